The van der Waals surface area contributed by atoms with Crippen molar-refractivity contribution in [3.8, 4) is 0 Å². The van der Waals surface area contributed by atoms with Gasteiger partial charge in [-0.05, 0) is 24.3 Å². The zero-order valence-electron chi connectivity index (χ0n) is 7.71. The van der Waals surface area contributed by atoms with Crippen LogP contribution in [0.2, 0.25) is 0 Å². The molecule has 0 radical (unpaired) electrons. The molecule has 0 aliphatic heterocycles. The normalized spacial score (nSPS) is 10.3. The maximum absolute atomic E-state index is 10.6. The summed E-state index contributed by atoms with van der Waals surface area (Å²) in [4.78, 5) is 13.4. The Morgan fingerprint density at radius 2 is 1.73 bits per heavy atom. The molecule has 0 amide bonds. The minimum absolute atomic E-state index is 0. The number of carbonyl (C=O) groups excluding carboxylic acids is 1. The van der Waals surface area contributed by atoms with Crippen molar-refractivity contribution in [3.63, 3.8) is 0 Å². The van der Waals surface area contributed by atoms with Crippen molar-refractivity contribution >= 4 is 16.1 Å². The van der Waals surface area contributed by atoms with E-state index in [-0.39, 0.29) is 61.8 Å². The molecule has 0 unspecified atom stereocenters. The molecule has 1 aromatic carbocycles. The average Bonchev–Trinajstić information content (AvgIpc) is 2.15. The summed E-state index contributed by atoms with van der Waals surface area (Å²) in [5.41, 5.74) is -0.0904. The van der Waals surface area contributed by atoms with Crippen molar-refractivity contribution in [1.29, 1.82) is 0 Å². The topological polar surface area (TPSA) is 104 Å². The van der Waals surface area contributed by atoms with Gasteiger partial charge >= 0.3 is 57.4 Å². The first kappa shape index (κ1) is 15.2. The molecular weight excluding hydrogens is 251 g/mol. The van der Waals surface area contributed by atoms with Crippen LogP contribution in [0.25, 0.3) is 0 Å². The van der Waals surface area contributed by atoms with E-state index in [1.54, 1.807) is 0 Å². The summed E-state index contributed by atoms with van der Waals surface area (Å²) < 4.78 is 29.7. The van der Waals surface area contributed by atoms with Crippen LogP contribution in [0.4, 0.5) is 0 Å². The van der Waals surface area contributed by atoms with Crippen LogP contribution in [0.5, 0.6) is 0 Å². The van der Waals surface area contributed by atoms with Crippen LogP contribution in [-0.4, -0.2) is 18.9 Å². The van der Waals surface area contributed by atoms with Crippen molar-refractivity contribution in [2.45, 2.75) is 4.90 Å². The summed E-state index contributed by atoms with van der Waals surface area (Å²) in [6, 6.07) is 4.09. The summed E-state index contributed by atoms with van der Waals surface area (Å²) >= 11 is 0. The third-order valence-electron chi connectivity index (χ3n) is 1.46. The molecule has 0 fully saturated rings. The number of carbonyl (C=O) groups is 1. The van der Waals surface area contributed by atoms with Gasteiger partial charge in [0, 0.05) is 0 Å². The van der Waals surface area contributed by atoms with Gasteiger partial charge in [-0.25, -0.2) is 4.79 Å². The second-order valence-electron chi connectivity index (χ2n) is 2.37. The molecule has 0 bridgehead atoms. The standard InChI is InChI=1S/C7H6O6S.K/c8-7(13-9)5-1-3-6(4-2-5)14(10,11)12;/h1-4,9H,(H,10,11,12);/q;+1/p-1. The molecule has 76 valence electrons. The quantitative estimate of drug-likeness (QED) is 0.253. The molecule has 0 saturated heterocycles. The Morgan fingerprint density at radius 3 is 2.07 bits per heavy atom. The number of rotatable bonds is 2. The van der Waals surface area contributed by atoms with Gasteiger partial charge in [-0.3, -0.25) is 4.55 Å². The summed E-state index contributed by atoms with van der Waals surface area (Å²) in [5, 5.41) is 9.69. The van der Waals surface area contributed by atoms with E-state index in [0.717, 1.165) is 24.3 Å². The summed E-state index contributed by atoms with van der Waals surface area (Å²) in [6.45, 7) is 0. The van der Waals surface area contributed by atoms with Crippen LogP contribution in [0.1, 0.15) is 10.4 Å². The minimum Gasteiger partial charge on any atom is -0.661 e. The van der Waals surface area contributed by atoms with Crippen LogP contribution >= 0.6 is 0 Å². The second kappa shape index (κ2) is 6.06. The first-order valence-corrected chi connectivity index (χ1v) is 4.81. The van der Waals surface area contributed by atoms with Crippen molar-refractivity contribution in [2.75, 3.05) is 0 Å². The zero-order chi connectivity index (χ0) is 10.8. The summed E-state index contributed by atoms with van der Waals surface area (Å²) in [7, 11) is -4.28. The van der Waals surface area contributed by atoms with Gasteiger partial charge in [0.25, 0.3) is 10.1 Å². The molecule has 0 heterocycles. The van der Waals surface area contributed by atoms with Gasteiger partial charge in [0.1, 0.15) is 0 Å². The maximum Gasteiger partial charge on any atom is 1.00 e. The first-order chi connectivity index (χ1) is 6.45. The Bertz CT molecular complexity index is 437. The molecule has 0 atom stereocenters. The average molecular weight is 256 g/mol. The van der Waals surface area contributed by atoms with E-state index in [4.69, 9.17) is 4.55 Å². The molecule has 1 aromatic rings. The fraction of sp³-hybridized carbons (Fsp3) is 0. The summed E-state index contributed by atoms with van der Waals surface area (Å²) in [6.07, 6.45) is 0. The molecule has 1 N–H and O–H groups in total. The molecular formula is C7H5KO6S. The maximum atomic E-state index is 10.6. The predicted molar refractivity (Wildman–Crippen MR) is 41.7 cm³/mol. The van der Waals surface area contributed by atoms with E-state index in [1.807, 2.05) is 0 Å². The smallest absolute Gasteiger partial charge is 0.661 e. The van der Waals surface area contributed by atoms with Crippen LogP contribution in [-0.2, 0) is 15.0 Å². The predicted octanol–water partition coefficient (Wildman–Crippen LogP) is -3.63. The largest absolute Gasteiger partial charge is 1.00 e. The van der Waals surface area contributed by atoms with Crippen LogP contribution in [0.3, 0.4) is 0 Å². The molecule has 15 heavy (non-hydrogen) atoms. The molecule has 0 spiro atoms. The van der Waals surface area contributed by atoms with Crippen molar-refractivity contribution in [3.05, 3.63) is 29.8 Å². The third kappa shape index (κ3) is 4.29. The van der Waals surface area contributed by atoms with E-state index < -0.39 is 16.1 Å². The fourth-order valence-corrected chi connectivity index (χ4v) is 1.29. The molecule has 0 aliphatic carbocycles. The van der Waals surface area contributed by atoms with Gasteiger partial charge in [-0.15, -0.1) is 0 Å². The van der Waals surface area contributed by atoms with Crippen LogP contribution in [0, 0.1) is 0 Å². The minimum atomic E-state index is -4.28. The summed E-state index contributed by atoms with van der Waals surface area (Å²) in [5.74, 6) is -1.12. The van der Waals surface area contributed by atoms with Gasteiger partial charge in [0.15, 0.2) is 0 Å². The SMILES string of the molecule is O=C(O[O-])c1ccc(S(=O)(=O)O)cc1.[K+]. The Balaban J connectivity index is 0.00000196. The Kier molecular flexibility index (Phi) is 6.14. The number of hydrogen-bond donors (Lipinski definition) is 1. The molecule has 1 rings (SSSR count). The second-order valence-corrected chi connectivity index (χ2v) is 3.79. The molecule has 8 heteroatoms. The molecule has 0 aromatic heterocycles. The van der Waals surface area contributed by atoms with Gasteiger partial charge in [0.2, 0.25) is 0 Å². The van der Waals surface area contributed by atoms with E-state index in [0.29, 0.717) is 0 Å². The molecule has 6 nitrogen and oxygen atoms in total. The number of benzene rings is 1. The van der Waals surface area contributed by atoms with Crippen LogP contribution in [0.15, 0.2) is 29.2 Å². The van der Waals surface area contributed by atoms with Gasteiger partial charge in [0.05, 0.1) is 10.5 Å². The van der Waals surface area contributed by atoms with E-state index in [1.165, 1.54) is 0 Å². The van der Waals surface area contributed by atoms with Crippen molar-refractivity contribution in [1.82, 2.24) is 0 Å². The Labute approximate surface area is 128 Å². The van der Waals surface area contributed by atoms with Crippen molar-refractivity contribution < 1.29 is 79.3 Å². The Morgan fingerprint density at radius 1 is 1.27 bits per heavy atom. The van der Waals surface area contributed by atoms with E-state index >= 15 is 0 Å². The van der Waals surface area contributed by atoms with Gasteiger partial charge in [-0.2, -0.15) is 8.42 Å². The fourth-order valence-electron chi connectivity index (χ4n) is 0.811. The van der Waals surface area contributed by atoms with Crippen molar-refractivity contribution in [2.24, 2.45) is 0 Å². The van der Waals surface area contributed by atoms with E-state index in [9.17, 15) is 18.5 Å². The van der Waals surface area contributed by atoms with Gasteiger partial charge in [-0.1, -0.05) is 0 Å². The molecule has 0 saturated carbocycles. The zero-order valence-corrected chi connectivity index (χ0v) is 11.6. The van der Waals surface area contributed by atoms with E-state index in [2.05, 4.69) is 4.89 Å². The third-order valence-corrected chi connectivity index (χ3v) is 2.33. The van der Waals surface area contributed by atoms with Crippen LogP contribution < -0.4 is 56.6 Å². The Hall–Kier alpha value is 0.196. The first-order valence-electron chi connectivity index (χ1n) is 3.37. The number of hydrogen-bond acceptors (Lipinski definition) is 5. The molecule has 0 aliphatic rings. The van der Waals surface area contributed by atoms with Gasteiger partial charge < -0.3 is 10.1 Å². The monoisotopic (exact) mass is 256 g/mol.